The molecule has 2 fully saturated rings. The maximum absolute atomic E-state index is 13.0. The van der Waals surface area contributed by atoms with Crippen molar-refractivity contribution in [3.8, 4) is 0 Å². The second kappa shape index (κ2) is 8.42. The number of ketones is 1. The van der Waals surface area contributed by atoms with E-state index in [0.717, 1.165) is 61.6 Å². The first-order valence-electron chi connectivity index (χ1n) is 11.4. The minimum atomic E-state index is 0.116. The van der Waals surface area contributed by atoms with E-state index in [1.807, 2.05) is 35.7 Å². The number of fused-ring (bicyclic) bond motifs is 1. The molecule has 5 rings (SSSR count). The monoisotopic (exact) mass is 418 g/mol. The first kappa shape index (κ1) is 20.2. The Morgan fingerprint density at radius 1 is 1.16 bits per heavy atom. The topological polar surface area (TPSA) is 70.7 Å². The highest BCUT2D eigenvalue weighted by molar-refractivity contribution is 5.87. The molecule has 0 amide bonds. The summed E-state index contributed by atoms with van der Waals surface area (Å²) in [4.78, 5) is 20.1. The van der Waals surface area contributed by atoms with Crippen molar-refractivity contribution in [2.75, 3.05) is 24.6 Å². The first-order valence-corrected chi connectivity index (χ1v) is 11.4. The van der Waals surface area contributed by atoms with Crippen LogP contribution in [0.25, 0.3) is 5.65 Å². The number of nitrogens with zero attached hydrogens (tertiary/aromatic N) is 4. The van der Waals surface area contributed by atoms with Crippen molar-refractivity contribution in [2.45, 2.75) is 44.9 Å². The smallest absolute Gasteiger partial charge is 0.157 e. The van der Waals surface area contributed by atoms with Gasteiger partial charge in [-0.1, -0.05) is 30.3 Å². The Hall–Kier alpha value is -2.73. The molecule has 0 radical (unpaired) electrons. The number of rotatable bonds is 7. The SMILES string of the molecule is Cc1cc2nc(CC(=O)C3CC3c3ccccc3)cc(N3CCC(CCO)CC3)n2n1. The van der Waals surface area contributed by atoms with Gasteiger partial charge in [0.2, 0.25) is 0 Å². The van der Waals surface area contributed by atoms with Gasteiger partial charge in [0.1, 0.15) is 11.6 Å². The summed E-state index contributed by atoms with van der Waals surface area (Å²) >= 11 is 0. The lowest BCUT2D eigenvalue weighted by molar-refractivity contribution is -0.119. The van der Waals surface area contributed by atoms with Gasteiger partial charge in [0, 0.05) is 44.2 Å². The highest BCUT2D eigenvalue weighted by atomic mass is 16.3. The molecule has 1 saturated carbocycles. The summed E-state index contributed by atoms with van der Waals surface area (Å²) in [5, 5.41) is 13.9. The normalized spacial score (nSPS) is 21.5. The van der Waals surface area contributed by atoms with Crippen LogP contribution in [0.3, 0.4) is 0 Å². The third-order valence-electron chi connectivity index (χ3n) is 6.85. The number of hydrogen-bond acceptors (Lipinski definition) is 5. The van der Waals surface area contributed by atoms with Crippen LogP contribution in [0.4, 0.5) is 5.82 Å². The summed E-state index contributed by atoms with van der Waals surface area (Å²) in [5.74, 6) is 2.38. The molecule has 2 atom stereocenters. The van der Waals surface area contributed by atoms with Gasteiger partial charge in [0.25, 0.3) is 0 Å². The molecule has 0 spiro atoms. The zero-order chi connectivity index (χ0) is 21.4. The first-order chi connectivity index (χ1) is 15.1. The molecular weight excluding hydrogens is 388 g/mol. The summed E-state index contributed by atoms with van der Waals surface area (Å²) in [5.41, 5.74) is 3.84. The fourth-order valence-corrected chi connectivity index (χ4v) is 5.00. The molecule has 3 aromatic rings. The fraction of sp³-hybridized carbons (Fsp3) is 0.480. The molecule has 6 nitrogen and oxygen atoms in total. The molecule has 6 heteroatoms. The van der Waals surface area contributed by atoms with Crippen molar-refractivity contribution < 1.29 is 9.90 Å². The molecule has 2 unspecified atom stereocenters. The minimum Gasteiger partial charge on any atom is -0.396 e. The highest BCUT2D eigenvalue weighted by Gasteiger charge is 2.43. The minimum absolute atomic E-state index is 0.116. The predicted molar refractivity (Wildman–Crippen MR) is 120 cm³/mol. The van der Waals surface area contributed by atoms with Gasteiger partial charge in [-0.25, -0.2) is 4.98 Å². The number of aliphatic hydroxyl groups is 1. The Labute approximate surface area is 182 Å². The van der Waals surface area contributed by atoms with Gasteiger partial charge in [0.15, 0.2) is 5.65 Å². The van der Waals surface area contributed by atoms with Crippen molar-refractivity contribution in [2.24, 2.45) is 11.8 Å². The molecule has 1 aliphatic carbocycles. The van der Waals surface area contributed by atoms with Crippen LogP contribution in [-0.2, 0) is 11.2 Å². The Kier molecular flexibility index (Phi) is 5.48. The Balaban J connectivity index is 1.34. The average Bonchev–Trinajstić information content (AvgIpc) is 3.50. The van der Waals surface area contributed by atoms with Gasteiger partial charge in [0.05, 0.1) is 11.4 Å². The second-order valence-corrected chi connectivity index (χ2v) is 9.11. The zero-order valence-corrected chi connectivity index (χ0v) is 18.1. The standard InChI is InChI=1S/C25H30N4O2/c1-17-13-24-26-20(14-23(31)22-16-21(22)19-5-3-2-4-6-19)15-25(29(24)27-17)28-10-7-18(8-11-28)9-12-30/h2-6,13,15,18,21-22,30H,7-12,14,16H2,1H3. The van der Waals surface area contributed by atoms with Crippen LogP contribution in [0.5, 0.6) is 0 Å². The van der Waals surface area contributed by atoms with Crippen LogP contribution in [0, 0.1) is 18.8 Å². The maximum Gasteiger partial charge on any atom is 0.157 e. The molecular formula is C25H30N4O2. The molecule has 162 valence electrons. The van der Waals surface area contributed by atoms with Crippen molar-refractivity contribution >= 4 is 17.2 Å². The number of aromatic nitrogens is 3. The van der Waals surface area contributed by atoms with E-state index in [9.17, 15) is 9.90 Å². The Morgan fingerprint density at radius 2 is 1.94 bits per heavy atom. The van der Waals surface area contributed by atoms with Gasteiger partial charge in [-0.15, -0.1) is 0 Å². The third-order valence-corrected chi connectivity index (χ3v) is 6.85. The van der Waals surface area contributed by atoms with Crippen LogP contribution < -0.4 is 4.90 Å². The summed E-state index contributed by atoms with van der Waals surface area (Å²) in [6.07, 6.45) is 4.34. The number of carbonyl (C=O) groups is 1. The summed E-state index contributed by atoms with van der Waals surface area (Å²) in [7, 11) is 0. The second-order valence-electron chi connectivity index (χ2n) is 9.11. The van der Waals surface area contributed by atoms with E-state index < -0.39 is 0 Å². The van der Waals surface area contributed by atoms with E-state index in [2.05, 4.69) is 28.2 Å². The Bertz CT molecular complexity index is 1070. The van der Waals surface area contributed by atoms with E-state index in [0.29, 0.717) is 18.3 Å². The number of carbonyl (C=O) groups excluding carboxylic acids is 1. The summed E-state index contributed by atoms with van der Waals surface area (Å²) in [6, 6.07) is 14.4. The molecule has 1 saturated heterocycles. The number of piperidine rings is 1. The highest BCUT2D eigenvalue weighted by Crippen LogP contribution is 2.48. The molecule has 2 aliphatic rings. The van der Waals surface area contributed by atoms with Crippen LogP contribution in [0.2, 0.25) is 0 Å². The third kappa shape index (κ3) is 4.22. The van der Waals surface area contributed by atoms with Crippen LogP contribution >= 0.6 is 0 Å². The van der Waals surface area contributed by atoms with Crippen LogP contribution in [0.1, 0.15) is 48.6 Å². The molecule has 1 aliphatic heterocycles. The maximum atomic E-state index is 13.0. The van der Waals surface area contributed by atoms with E-state index in [-0.39, 0.29) is 18.3 Å². The lowest BCUT2D eigenvalue weighted by atomic mass is 9.94. The fourth-order valence-electron chi connectivity index (χ4n) is 5.00. The molecule has 31 heavy (non-hydrogen) atoms. The average molecular weight is 419 g/mol. The molecule has 2 aromatic heterocycles. The van der Waals surface area contributed by atoms with Crippen molar-refractivity contribution in [1.82, 2.24) is 14.6 Å². The molecule has 1 aromatic carbocycles. The molecule has 3 heterocycles. The zero-order valence-electron chi connectivity index (χ0n) is 18.1. The van der Waals surface area contributed by atoms with Gasteiger partial charge >= 0.3 is 0 Å². The lowest BCUT2D eigenvalue weighted by Crippen LogP contribution is -2.35. The van der Waals surface area contributed by atoms with Crippen molar-refractivity contribution in [3.05, 3.63) is 59.4 Å². The van der Waals surface area contributed by atoms with E-state index >= 15 is 0 Å². The number of Topliss-reactive ketones (excluding diaryl/α,β-unsaturated/α-hetero) is 1. The van der Waals surface area contributed by atoms with Gasteiger partial charge in [-0.05, 0) is 50.0 Å². The number of benzene rings is 1. The predicted octanol–water partition coefficient (Wildman–Crippen LogP) is 3.55. The lowest BCUT2D eigenvalue weighted by Gasteiger charge is -2.33. The number of aryl methyl sites for hydroxylation is 1. The van der Waals surface area contributed by atoms with Gasteiger partial charge in [-0.3, -0.25) is 4.79 Å². The molecule has 0 bridgehead atoms. The number of aliphatic hydroxyl groups excluding tert-OH is 1. The quantitative estimate of drug-likeness (QED) is 0.635. The van der Waals surface area contributed by atoms with E-state index in [1.54, 1.807) is 0 Å². The van der Waals surface area contributed by atoms with Crippen LogP contribution in [-0.4, -0.2) is 45.2 Å². The Morgan fingerprint density at radius 3 is 2.68 bits per heavy atom. The summed E-state index contributed by atoms with van der Waals surface area (Å²) in [6.45, 7) is 4.12. The van der Waals surface area contributed by atoms with E-state index in [1.165, 1.54) is 5.56 Å². The van der Waals surface area contributed by atoms with Gasteiger partial charge < -0.3 is 10.0 Å². The number of anilines is 1. The largest absolute Gasteiger partial charge is 0.396 e. The molecule has 1 N–H and O–H groups in total. The number of hydrogen-bond donors (Lipinski definition) is 1. The van der Waals surface area contributed by atoms with Crippen molar-refractivity contribution in [1.29, 1.82) is 0 Å². The summed E-state index contributed by atoms with van der Waals surface area (Å²) < 4.78 is 1.92. The van der Waals surface area contributed by atoms with Gasteiger partial charge in [-0.2, -0.15) is 9.61 Å². The van der Waals surface area contributed by atoms with Crippen LogP contribution in [0.15, 0.2) is 42.5 Å². The van der Waals surface area contributed by atoms with E-state index in [4.69, 9.17) is 4.98 Å². The van der Waals surface area contributed by atoms with Crippen molar-refractivity contribution in [3.63, 3.8) is 0 Å².